The second kappa shape index (κ2) is 8.47. The van der Waals surface area contributed by atoms with E-state index in [2.05, 4.69) is 0 Å². The van der Waals surface area contributed by atoms with Crippen LogP contribution in [-0.4, -0.2) is 34.4 Å². The maximum atomic E-state index is 9.82. The van der Waals surface area contributed by atoms with Crippen LogP contribution in [0.5, 0.6) is 0 Å². The van der Waals surface area contributed by atoms with Gasteiger partial charge in [-0.05, 0) is 24.4 Å². The van der Waals surface area contributed by atoms with Crippen LogP contribution in [0.1, 0.15) is 19.3 Å². The molecule has 3 nitrogen and oxygen atoms in total. The van der Waals surface area contributed by atoms with Crippen molar-refractivity contribution in [2.45, 2.75) is 19.3 Å². The number of rotatable bonds is 8. The molecule has 16 heavy (non-hydrogen) atoms. The molecular formula is C12H20O3Si. The third kappa shape index (κ3) is 5.41. The van der Waals surface area contributed by atoms with Gasteiger partial charge >= 0.3 is 9.28 Å². The Bertz CT molecular complexity index is 266. The largest absolute Gasteiger partial charge is 0.410 e. The van der Waals surface area contributed by atoms with E-state index in [4.69, 9.17) is 9.16 Å². The number of benzene rings is 1. The zero-order valence-corrected chi connectivity index (χ0v) is 10.9. The minimum absolute atomic E-state index is 0.645. The Morgan fingerprint density at radius 1 is 1.06 bits per heavy atom. The third-order valence-corrected chi connectivity index (χ3v) is 3.86. The van der Waals surface area contributed by atoms with Crippen LogP contribution >= 0.6 is 0 Å². The van der Waals surface area contributed by atoms with Gasteiger partial charge < -0.3 is 14.0 Å². The smallest absolute Gasteiger partial charge is 0.353 e. The average Bonchev–Trinajstić information content (AvgIpc) is 2.34. The highest BCUT2D eigenvalue weighted by Crippen LogP contribution is 1.97. The number of ether oxygens (including phenoxy) is 1. The lowest BCUT2D eigenvalue weighted by molar-refractivity contribution is 0.187. The Kier molecular flexibility index (Phi) is 7.08. The highest BCUT2D eigenvalue weighted by Gasteiger charge is 2.09. The van der Waals surface area contributed by atoms with E-state index in [1.807, 2.05) is 30.3 Å². The molecule has 0 fully saturated rings. The first kappa shape index (κ1) is 13.4. The molecule has 4 heteroatoms. The van der Waals surface area contributed by atoms with Gasteiger partial charge in [0.2, 0.25) is 0 Å². The lowest BCUT2D eigenvalue weighted by Crippen LogP contribution is -2.33. The van der Waals surface area contributed by atoms with E-state index in [-0.39, 0.29) is 0 Å². The molecule has 1 unspecified atom stereocenters. The van der Waals surface area contributed by atoms with Crippen molar-refractivity contribution in [3.8, 4) is 0 Å². The van der Waals surface area contributed by atoms with Crippen LogP contribution in [0.25, 0.3) is 0 Å². The van der Waals surface area contributed by atoms with Crippen molar-refractivity contribution in [3.63, 3.8) is 0 Å². The van der Waals surface area contributed by atoms with E-state index in [1.54, 1.807) is 7.11 Å². The lowest BCUT2D eigenvalue weighted by Gasteiger charge is -2.09. The van der Waals surface area contributed by atoms with Crippen LogP contribution in [0.2, 0.25) is 0 Å². The Morgan fingerprint density at radius 3 is 2.44 bits per heavy atom. The van der Waals surface area contributed by atoms with Crippen LogP contribution in [-0.2, 0) is 9.16 Å². The molecule has 0 saturated carbocycles. The Morgan fingerprint density at radius 2 is 1.75 bits per heavy atom. The monoisotopic (exact) mass is 240 g/mol. The van der Waals surface area contributed by atoms with Gasteiger partial charge in [0.1, 0.15) is 0 Å². The molecule has 0 aromatic heterocycles. The van der Waals surface area contributed by atoms with Crippen LogP contribution < -0.4 is 5.19 Å². The molecule has 90 valence electrons. The molecule has 0 aliphatic rings. The molecule has 1 aromatic carbocycles. The first-order valence-corrected chi connectivity index (χ1v) is 7.24. The quantitative estimate of drug-likeness (QED) is 0.543. The van der Waals surface area contributed by atoms with Gasteiger partial charge in [-0.3, -0.25) is 0 Å². The predicted octanol–water partition coefficient (Wildman–Crippen LogP) is 0.940. The van der Waals surface area contributed by atoms with Crippen LogP contribution in [0.3, 0.4) is 0 Å². The van der Waals surface area contributed by atoms with Gasteiger partial charge in [0.15, 0.2) is 0 Å². The fourth-order valence-corrected chi connectivity index (χ4v) is 2.57. The van der Waals surface area contributed by atoms with Crippen molar-refractivity contribution >= 4 is 14.5 Å². The molecule has 0 amide bonds. The molecular weight excluding hydrogens is 220 g/mol. The molecule has 0 heterocycles. The van der Waals surface area contributed by atoms with E-state index in [9.17, 15) is 4.80 Å². The predicted molar refractivity (Wildman–Crippen MR) is 67.1 cm³/mol. The lowest BCUT2D eigenvalue weighted by atomic mass is 10.2. The Labute approximate surface area is 98.9 Å². The standard InChI is InChI=1S/C12H20O3Si/c1-14-10-6-3-7-11-15-16(13)12-8-4-2-5-9-12/h2,4-5,8-9,13,16H,3,6-7,10-11H2,1H3. The molecule has 0 bridgehead atoms. The SMILES string of the molecule is COCCCCCO[SiH](O)c1ccccc1. The number of hydrogen-bond acceptors (Lipinski definition) is 3. The van der Waals surface area contributed by atoms with Crippen molar-refractivity contribution < 1.29 is 14.0 Å². The molecule has 0 saturated heterocycles. The summed E-state index contributed by atoms with van der Waals surface area (Å²) in [5.41, 5.74) is 0. The van der Waals surface area contributed by atoms with Crippen molar-refractivity contribution in [1.82, 2.24) is 0 Å². The van der Waals surface area contributed by atoms with Crippen LogP contribution in [0.4, 0.5) is 0 Å². The maximum absolute atomic E-state index is 9.82. The Balaban J connectivity index is 2.09. The summed E-state index contributed by atoms with van der Waals surface area (Å²) < 4.78 is 10.4. The van der Waals surface area contributed by atoms with Crippen LogP contribution in [0, 0.1) is 0 Å². The highest BCUT2D eigenvalue weighted by molar-refractivity contribution is 6.59. The summed E-state index contributed by atoms with van der Waals surface area (Å²) in [6, 6.07) is 9.62. The fraction of sp³-hybridized carbons (Fsp3) is 0.500. The minimum atomic E-state index is -2.15. The van der Waals surface area contributed by atoms with E-state index in [0.29, 0.717) is 6.61 Å². The molecule has 1 rings (SSSR count). The van der Waals surface area contributed by atoms with E-state index >= 15 is 0 Å². The minimum Gasteiger partial charge on any atom is -0.410 e. The summed E-state index contributed by atoms with van der Waals surface area (Å²) in [4.78, 5) is 9.82. The van der Waals surface area contributed by atoms with Crippen molar-refractivity contribution in [3.05, 3.63) is 30.3 Å². The number of unbranched alkanes of at least 4 members (excludes halogenated alkanes) is 2. The third-order valence-electron chi connectivity index (χ3n) is 2.35. The highest BCUT2D eigenvalue weighted by atomic mass is 28.3. The summed E-state index contributed by atoms with van der Waals surface area (Å²) >= 11 is 0. The van der Waals surface area contributed by atoms with E-state index in [1.165, 1.54) is 0 Å². The van der Waals surface area contributed by atoms with Gasteiger partial charge in [-0.1, -0.05) is 30.3 Å². The van der Waals surface area contributed by atoms with Gasteiger partial charge in [-0.2, -0.15) is 0 Å². The molecule has 0 spiro atoms. The first-order chi connectivity index (χ1) is 7.84. The van der Waals surface area contributed by atoms with E-state index < -0.39 is 9.28 Å². The summed E-state index contributed by atoms with van der Waals surface area (Å²) in [5, 5.41) is 0.944. The molecule has 0 radical (unpaired) electrons. The summed E-state index contributed by atoms with van der Waals surface area (Å²) in [6.45, 7) is 1.45. The average molecular weight is 240 g/mol. The second-order valence-corrected chi connectivity index (χ2v) is 5.39. The second-order valence-electron chi connectivity index (χ2n) is 3.69. The topological polar surface area (TPSA) is 38.7 Å². The zero-order chi connectivity index (χ0) is 11.6. The van der Waals surface area contributed by atoms with Gasteiger partial charge in [-0.15, -0.1) is 0 Å². The molecule has 0 aliphatic carbocycles. The zero-order valence-electron chi connectivity index (χ0n) is 9.76. The van der Waals surface area contributed by atoms with Gasteiger partial charge in [0.05, 0.1) is 0 Å². The summed E-state index contributed by atoms with van der Waals surface area (Å²) in [5.74, 6) is 0. The van der Waals surface area contributed by atoms with Gasteiger partial charge in [0.25, 0.3) is 0 Å². The van der Waals surface area contributed by atoms with Gasteiger partial charge in [-0.25, -0.2) is 0 Å². The van der Waals surface area contributed by atoms with Crippen molar-refractivity contribution in [2.24, 2.45) is 0 Å². The Hall–Kier alpha value is -0.683. The molecule has 0 aliphatic heterocycles. The fourth-order valence-electron chi connectivity index (χ4n) is 1.43. The summed E-state index contributed by atoms with van der Waals surface area (Å²) in [6.07, 6.45) is 3.13. The molecule has 1 atom stereocenters. The first-order valence-electron chi connectivity index (χ1n) is 5.68. The molecule has 1 N–H and O–H groups in total. The number of methoxy groups -OCH3 is 1. The maximum Gasteiger partial charge on any atom is 0.353 e. The van der Waals surface area contributed by atoms with E-state index in [0.717, 1.165) is 31.1 Å². The molecule has 1 aromatic rings. The van der Waals surface area contributed by atoms with Crippen molar-refractivity contribution in [2.75, 3.05) is 20.3 Å². The van der Waals surface area contributed by atoms with Crippen molar-refractivity contribution in [1.29, 1.82) is 0 Å². The van der Waals surface area contributed by atoms with Crippen LogP contribution in [0.15, 0.2) is 30.3 Å². The summed E-state index contributed by atoms with van der Waals surface area (Å²) in [7, 11) is -0.440. The normalized spacial score (nSPS) is 12.6. The number of hydrogen-bond donors (Lipinski definition) is 1. The van der Waals surface area contributed by atoms with Gasteiger partial charge in [0, 0.05) is 20.3 Å².